The molecule has 120 valence electrons. The molecule has 0 bridgehead atoms. The second kappa shape index (κ2) is 6.91. The van der Waals surface area contributed by atoms with Crippen molar-refractivity contribution in [1.29, 1.82) is 0 Å². The van der Waals surface area contributed by atoms with E-state index in [1.165, 1.54) is 6.08 Å². The summed E-state index contributed by atoms with van der Waals surface area (Å²) in [5, 5.41) is 0.925. The van der Waals surface area contributed by atoms with Crippen LogP contribution in [0.2, 0.25) is 0 Å². The summed E-state index contributed by atoms with van der Waals surface area (Å²) in [5.41, 5.74) is 1.98. The Labute approximate surface area is 139 Å². The molecule has 0 atom stereocenters. The molecular formula is C19H16N2O3. The van der Waals surface area contributed by atoms with E-state index < -0.39 is 0 Å². The zero-order valence-electron chi connectivity index (χ0n) is 13.4. The molecule has 0 saturated heterocycles. The van der Waals surface area contributed by atoms with E-state index in [-0.39, 0.29) is 5.78 Å². The summed E-state index contributed by atoms with van der Waals surface area (Å²) >= 11 is 0. The van der Waals surface area contributed by atoms with Crippen molar-refractivity contribution in [3.8, 4) is 11.6 Å². The van der Waals surface area contributed by atoms with Gasteiger partial charge in [0.15, 0.2) is 0 Å². The van der Waals surface area contributed by atoms with Gasteiger partial charge >= 0.3 is 0 Å². The van der Waals surface area contributed by atoms with Crippen LogP contribution in [0.15, 0.2) is 54.7 Å². The molecule has 5 heteroatoms. The van der Waals surface area contributed by atoms with Crippen molar-refractivity contribution in [2.24, 2.45) is 0 Å². The maximum absolute atomic E-state index is 12.3. The average molecular weight is 320 g/mol. The van der Waals surface area contributed by atoms with Crippen molar-refractivity contribution in [3.05, 3.63) is 66.0 Å². The van der Waals surface area contributed by atoms with Gasteiger partial charge in [-0.3, -0.25) is 4.79 Å². The minimum Gasteiger partial charge on any atom is -0.497 e. The van der Waals surface area contributed by atoms with Crippen molar-refractivity contribution in [1.82, 2.24) is 9.97 Å². The molecule has 0 unspecified atom stereocenters. The van der Waals surface area contributed by atoms with E-state index in [1.54, 1.807) is 44.7 Å². The number of methoxy groups -OCH3 is 2. The minimum atomic E-state index is -0.163. The lowest BCUT2D eigenvalue weighted by Gasteiger charge is -2.03. The Kier molecular flexibility index (Phi) is 4.52. The highest BCUT2D eigenvalue weighted by atomic mass is 16.5. The first-order valence-electron chi connectivity index (χ1n) is 7.37. The number of ether oxygens (including phenoxy) is 2. The fourth-order valence-corrected chi connectivity index (χ4v) is 2.27. The lowest BCUT2D eigenvalue weighted by molar-refractivity contribution is 0.104. The van der Waals surface area contributed by atoms with Crippen LogP contribution in [-0.2, 0) is 0 Å². The number of ketones is 1. The maximum Gasteiger partial charge on any atom is 0.213 e. The highest BCUT2D eigenvalue weighted by Crippen LogP contribution is 2.20. The van der Waals surface area contributed by atoms with E-state index in [2.05, 4.69) is 9.97 Å². The Balaban J connectivity index is 1.84. The Bertz CT molecular complexity index is 919. The number of hydrogen-bond acceptors (Lipinski definition) is 5. The van der Waals surface area contributed by atoms with E-state index in [0.717, 1.165) is 22.2 Å². The van der Waals surface area contributed by atoms with Crippen LogP contribution in [0.3, 0.4) is 0 Å². The number of fused-ring (bicyclic) bond motifs is 1. The molecule has 0 aliphatic carbocycles. The fraction of sp³-hybridized carbons (Fsp3) is 0.105. The largest absolute Gasteiger partial charge is 0.497 e. The van der Waals surface area contributed by atoms with Gasteiger partial charge in [-0.15, -0.1) is 0 Å². The van der Waals surface area contributed by atoms with Gasteiger partial charge in [-0.2, -0.15) is 0 Å². The van der Waals surface area contributed by atoms with Gasteiger partial charge in [0.25, 0.3) is 0 Å². The van der Waals surface area contributed by atoms with Crippen LogP contribution in [0.4, 0.5) is 0 Å². The molecule has 0 radical (unpaired) electrons. The van der Waals surface area contributed by atoms with Crippen molar-refractivity contribution < 1.29 is 14.3 Å². The molecule has 0 spiro atoms. The van der Waals surface area contributed by atoms with E-state index >= 15 is 0 Å². The SMILES string of the molecule is COc1ccc2nc(C(=O)C=Cc3ccnc(OC)c3)ccc2c1. The highest BCUT2D eigenvalue weighted by Gasteiger charge is 2.06. The van der Waals surface area contributed by atoms with Gasteiger partial charge in [0.1, 0.15) is 11.4 Å². The average Bonchev–Trinajstić information content (AvgIpc) is 2.65. The number of pyridine rings is 2. The maximum atomic E-state index is 12.3. The number of benzene rings is 1. The number of rotatable bonds is 5. The molecule has 0 N–H and O–H groups in total. The first kappa shape index (κ1) is 15.7. The van der Waals surface area contributed by atoms with Crippen LogP contribution in [0.5, 0.6) is 11.6 Å². The third-order valence-corrected chi connectivity index (χ3v) is 3.54. The summed E-state index contributed by atoms with van der Waals surface area (Å²) in [7, 11) is 3.17. The summed E-state index contributed by atoms with van der Waals surface area (Å²) in [6, 6.07) is 12.7. The van der Waals surface area contributed by atoms with Crippen molar-refractivity contribution >= 4 is 22.8 Å². The standard InChI is InChI=1S/C19H16N2O3/c1-23-15-5-7-16-14(12-15)4-6-17(21-16)18(22)8-3-13-9-10-20-19(11-13)24-2/h3-12H,1-2H3. The number of aromatic nitrogens is 2. The smallest absolute Gasteiger partial charge is 0.213 e. The lowest BCUT2D eigenvalue weighted by Crippen LogP contribution is -1.98. The van der Waals surface area contributed by atoms with Gasteiger partial charge in [0.2, 0.25) is 11.7 Å². The van der Waals surface area contributed by atoms with Gasteiger partial charge in [0.05, 0.1) is 19.7 Å². The molecule has 0 amide bonds. The number of allylic oxidation sites excluding steroid dienone is 1. The van der Waals surface area contributed by atoms with Gasteiger partial charge in [-0.05, 0) is 42.0 Å². The molecule has 0 saturated carbocycles. The second-order valence-corrected chi connectivity index (χ2v) is 5.08. The zero-order chi connectivity index (χ0) is 16.9. The van der Waals surface area contributed by atoms with Crippen LogP contribution in [0, 0.1) is 0 Å². The number of carbonyl (C=O) groups is 1. The molecule has 1 aromatic carbocycles. The zero-order valence-corrected chi connectivity index (χ0v) is 13.4. The first-order valence-corrected chi connectivity index (χ1v) is 7.37. The van der Waals surface area contributed by atoms with E-state index in [1.807, 2.05) is 24.3 Å². The summed E-state index contributed by atoms with van der Waals surface area (Å²) in [6.07, 6.45) is 4.84. The third kappa shape index (κ3) is 3.41. The molecule has 24 heavy (non-hydrogen) atoms. The molecule has 5 nitrogen and oxygen atoms in total. The minimum absolute atomic E-state index is 0.163. The van der Waals surface area contributed by atoms with Crippen molar-refractivity contribution in [2.75, 3.05) is 14.2 Å². The summed E-state index contributed by atoms with van der Waals surface area (Å²) in [4.78, 5) is 20.7. The molecule has 3 rings (SSSR count). The molecule has 0 fully saturated rings. The molecule has 2 aromatic heterocycles. The quantitative estimate of drug-likeness (QED) is 0.531. The second-order valence-electron chi connectivity index (χ2n) is 5.08. The molecular weight excluding hydrogens is 304 g/mol. The Hall–Kier alpha value is -3.21. The van der Waals surface area contributed by atoms with E-state index in [4.69, 9.17) is 9.47 Å². The predicted octanol–water partition coefficient (Wildman–Crippen LogP) is 3.54. The Morgan fingerprint density at radius 2 is 1.92 bits per heavy atom. The predicted molar refractivity (Wildman–Crippen MR) is 92.4 cm³/mol. The van der Waals surface area contributed by atoms with E-state index in [0.29, 0.717) is 11.6 Å². The number of hydrogen-bond donors (Lipinski definition) is 0. The fourth-order valence-electron chi connectivity index (χ4n) is 2.27. The molecule has 3 aromatic rings. The lowest BCUT2D eigenvalue weighted by atomic mass is 10.1. The topological polar surface area (TPSA) is 61.3 Å². The van der Waals surface area contributed by atoms with Crippen LogP contribution in [-0.4, -0.2) is 30.0 Å². The monoisotopic (exact) mass is 320 g/mol. The molecule has 0 aliphatic rings. The van der Waals surface area contributed by atoms with Crippen molar-refractivity contribution in [3.63, 3.8) is 0 Å². The molecule has 0 aliphatic heterocycles. The van der Waals surface area contributed by atoms with Gasteiger partial charge < -0.3 is 9.47 Å². The number of carbonyl (C=O) groups excluding carboxylic acids is 1. The van der Waals surface area contributed by atoms with Crippen LogP contribution in [0.1, 0.15) is 16.1 Å². The normalized spacial score (nSPS) is 10.9. The van der Waals surface area contributed by atoms with Gasteiger partial charge in [0, 0.05) is 17.6 Å². The Morgan fingerprint density at radius 3 is 2.71 bits per heavy atom. The van der Waals surface area contributed by atoms with Crippen LogP contribution < -0.4 is 9.47 Å². The summed E-state index contributed by atoms with van der Waals surface area (Å²) < 4.78 is 10.2. The van der Waals surface area contributed by atoms with Gasteiger partial charge in [-0.25, -0.2) is 9.97 Å². The highest BCUT2D eigenvalue weighted by molar-refractivity contribution is 6.06. The van der Waals surface area contributed by atoms with Crippen LogP contribution in [0.25, 0.3) is 17.0 Å². The van der Waals surface area contributed by atoms with Crippen molar-refractivity contribution in [2.45, 2.75) is 0 Å². The third-order valence-electron chi connectivity index (χ3n) is 3.54. The first-order chi connectivity index (χ1) is 11.7. The van der Waals surface area contributed by atoms with Gasteiger partial charge in [-0.1, -0.05) is 12.1 Å². The molecule has 2 heterocycles. The van der Waals surface area contributed by atoms with Crippen LogP contribution >= 0.6 is 0 Å². The summed E-state index contributed by atoms with van der Waals surface area (Å²) in [6.45, 7) is 0. The summed E-state index contributed by atoms with van der Waals surface area (Å²) in [5.74, 6) is 1.10. The Morgan fingerprint density at radius 1 is 1.04 bits per heavy atom. The van der Waals surface area contributed by atoms with E-state index in [9.17, 15) is 4.79 Å². The number of nitrogens with zero attached hydrogens (tertiary/aromatic N) is 2.